The zero-order valence-electron chi connectivity index (χ0n) is 18.4. The van der Waals surface area contributed by atoms with Crippen molar-refractivity contribution in [1.82, 2.24) is 19.1 Å². The van der Waals surface area contributed by atoms with Gasteiger partial charge in [-0.25, -0.2) is 23.9 Å². The molecule has 0 fully saturated rings. The minimum absolute atomic E-state index is 0.109. The van der Waals surface area contributed by atoms with Gasteiger partial charge in [0.25, 0.3) is 0 Å². The Balaban J connectivity index is 1.58. The van der Waals surface area contributed by atoms with Crippen molar-refractivity contribution in [2.75, 3.05) is 5.32 Å². The molecule has 10 heteroatoms. The van der Waals surface area contributed by atoms with Gasteiger partial charge in [0.15, 0.2) is 5.69 Å². The molecule has 0 unspecified atom stereocenters. The molecule has 172 valence electrons. The molecule has 34 heavy (non-hydrogen) atoms. The molecule has 2 aromatic heterocycles. The van der Waals surface area contributed by atoms with E-state index < -0.39 is 17.3 Å². The van der Waals surface area contributed by atoms with Crippen molar-refractivity contribution < 1.29 is 14.6 Å². The average Bonchev–Trinajstić information content (AvgIpc) is 2.83. The van der Waals surface area contributed by atoms with Crippen molar-refractivity contribution >= 4 is 17.6 Å². The van der Waals surface area contributed by atoms with Gasteiger partial charge in [0.1, 0.15) is 5.75 Å². The fourth-order valence-electron chi connectivity index (χ4n) is 3.14. The standard InChI is InChI=1S/C24H21N5O5/c1-15-6-8-16(9-7-15)14-29-22(27-23(32)28(2)24(29)33)25-17-10-12-18(13-11-17)34-20-5-3-4-19(26-20)21(30)31/h3-13H,14H2,1-2H3,(H,30,31)(H,25,27,32). The van der Waals surface area contributed by atoms with Gasteiger partial charge >= 0.3 is 17.3 Å². The van der Waals surface area contributed by atoms with E-state index in [-0.39, 0.29) is 24.1 Å². The van der Waals surface area contributed by atoms with Crippen LogP contribution in [0.3, 0.4) is 0 Å². The number of anilines is 2. The Bertz CT molecular complexity index is 1460. The average molecular weight is 459 g/mol. The highest BCUT2D eigenvalue weighted by Gasteiger charge is 2.12. The summed E-state index contributed by atoms with van der Waals surface area (Å²) in [6.07, 6.45) is 0. The molecule has 2 N–H and O–H groups in total. The highest BCUT2D eigenvalue weighted by atomic mass is 16.5. The molecule has 0 spiro atoms. The minimum atomic E-state index is -1.15. The number of rotatable bonds is 7. The number of ether oxygens (including phenoxy) is 1. The summed E-state index contributed by atoms with van der Waals surface area (Å²) in [7, 11) is 1.38. The fraction of sp³-hybridized carbons (Fsp3) is 0.125. The number of nitrogens with zero attached hydrogens (tertiary/aromatic N) is 4. The predicted molar refractivity (Wildman–Crippen MR) is 125 cm³/mol. The molecular formula is C24H21N5O5. The van der Waals surface area contributed by atoms with Gasteiger partial charge in [0, 0.05) is 18.8 Å². The van der Waals surface area contributed by atoms with Crippen molar-refractivity contribution in [3.63, 3.8) is 0 Å². The number of hydrogen-bond donors (Lipinski definition) is 2. The lowest BCUT2D eigenvalue weighted by molar-refractivity contribution is 0.0689. The van der Waals surface area contributed by atoms with Crippen LogP contribution in [0.15, 0.2) is 76.3 Å². The fourth-order valence-corrected chi connectivity index (χ4v) is 3.14. The Morgan fingerprint density at radius 1 is 1.00 bits per heavy atom. The Morgan fingerprint density at radius 3 is 2.38 bits per heavy atom. The first-order chi connectivity index (χ1) is 16.3. The van der Waals surface area contributed by atoms with Crippen LogP contribution >= 0.6 is 0 Å². The summed E-state index contributed by atoms with van der Waals surface area (Å²) in [6, 6.07) is 18.8. The van der Waals surface area contributed by atoms with Gasteiger partial charge in [-0.1, -0.05) is 35.9 Å². The van der Waals surface area contributed by atoms with Crippen LogP contribution in [0.25, 0.3) is 0 Å². The molecule has 0 radical (unpaired) electrons. The van der Waals surface area contributed by atoms with Gasteiger partial charge in [-0.2, -0.15) is 4.98 Å². The maximum atomic E-state index is 12.8. The number of aromatic nitrogens is 4. The summed E-state index contributed by atoms with van der Waals surface area (Å²) in [4.78, 5) is 44.0. The molecular weight excluding hydrogens is 438 g/mol. The van der Waals surface area contributed by atoms with Crippen molar-refractivity contribution in [2.24, 2.45) is 7.05 Å². The van der Waals surface area contributed by atoms with E-state index in [2.05, 4.69) is 15.3 Å². The lowest BCUT2D eigenvalue weighted by atomic mass is 10.1. The van der Waals surface area contributed by atoms with E-state index in [4.69, 9.17) is 9.84 Å². The molecule has 0 aliphatic carbocycles. The van der Waals surface area contributed by atoms with Crippen molar-refractivity contribution in [3.05, 3.63) is 105 Å². The second-order valence-electron chi connectivity index (χ2n) is 7.55. The molecule has 0 aliphatic rings. The highest BCUT2D eigenvalue weighted by molar-refractivity contribution is 5.85. The van der Waals surface area contributed by atoms with Gasteiger partial charge in [0.05, 0.1) is 6.54 Å². The third kappa shape index (κ3) is 5.01. The van der Waals surface area contributed by atoms with E-state index >= 15 is 0 Å². The second-order valence-corrected chi connectivity index (χ2v) is 7.55. The Morgan fingerprint density at radius 2 is 1.71 bits per heavy atom. The number of carbonyl (C=O) groups is 1. The topological polar surface area (TPSA) is 128 Å². The summed E-state index contributed by atoms with van der Waals surface area (Å²) in [5, 5.41) is 12.1. The smallest absolute Gasteiger partial charge is 0.354 e. The van der Waals surface area contributed by atoms with Crippen molar-refractivity contribution in [2.45, 2.75) is 13.5 Å². The molecule has 4 rings (SSSR count). The van der Waals surface area contributed by atoms with Crippen LogP contribution in [0.4, 0.5) is 11.6 Å². The van der Waals surface area contributed by atoms with Gasteiger partial charge in [0.2, 0.25) is 11.8 Å². The molecule has 4 aromatic rings. The molecule has 0 amide bonds. The molecule has 0 bridgehead atoms. The molecule has 10 nitrogen and oxygen atoms in total. The van der Waals surface area contributed by atoms with Crippen LogP contribution in [-0.2, 0) is 13.6 Å². The first-order valence-corrected chi connectivity index (χ1v) is 10.3. The number of aryl methyl sites for hydroxylation is 1. The zero-order chi connectivity index (χ0) is 24.2. The van der Waals surface area contributed by atoms with Gasteiger partial charge in [-0.05, 0) is 42.8 Å². The van der Waals surface area contributed by atoms with Gasteiger partial charge in [-0.3, -0.25) is 4.57 Å². The number of aromatic carboxylic acids is 1. The first kappa shape index (κ1) is 22.5. The molecule has 0 saturated heterocycles. The predicted octanol–water partition coefficient (Wildman–Crippen LogP) is 2.93. The maximum Gasteiger partial charge on any atom is 0.354 e. The number of pyridine rings is 1. The van der Waals surface area contributed by atoms with E-state index in [1.807, 2.05) is 31.2 Å². The van der Waals surface area contributed by atoms with Crippen molar-refractivity contribution in [3.8, 4) is 11.6 Å². The van der Waals surface area contributed by atoms with Crippen LogP contribution in [0.1, 0.15) is 21.6 Å². The third-order valence-corrected chi connectivity index (χ3v) is 5.00. The van der Waals surface area contributed by atoms with Crippen LogP contribution in [-0.4, -0.2) is 30.2 Å². The summed E-state index contributed by atoms with van der Waals surface area (Å²) in [5.74, 6) is -0.475. The first-order valence-electron chi connectivity index (χ1n) is 10.3. The van der Waals surface area contributed by atoms with Crippen LogP contribution in [0, 0.1) is 6.92 Å². The summed E-state index contributed by atoms with van der Waals surface area (Å²) in [6.45, 7) is 2.21. The van der Waals surface area contributed by atoms with Crippen LogP contribution in [0.5, 0.6) is 11.6 Å². The van der Waals surface area contributed by atoms with Crippen molar-refractivity contribution in [1.29, 1.82) is 0 Å². The Kier molecular flexibility index (Phi) is 6.22. The number of benzene rings is 2. The largest absolute Gasteiger partial charge is 0.477 e. The van der Waals surface area contributed by atoms with E-state index in [1.165, 1.54) is 23.7 Å². The Hall–Kier alpha value is -4.73. The lowest BCUT2D eigenvalue weighted by Gasteiger charge is -2.15. The SMILES string of the molecule is Cc1ccc(Cn2c(Nc3ccc(Oc4cccc(C(=O)O)n4)cc3)nc(=O)n(C)c2=O)cc1. The molecule has 0 atom stereocenters. The lowest BCUT2D eigenvalue weighted by Crippen LogP contribution is -2.41. The zero-order valence-corrected chi connectivity index (χ0v) is 18.4. The minimum Gasteiger partial charge on any atom is -0.477 e. The number of nitrogens with one attached hydrogen (secondary N) is 1. The highest BCUT2D eigenvalue weighted by Crippen LogP contribution is 2.23. The van der Waals surface area contributed by atoms with E-state index in [1.54, 1.807) is 30.3 Å². The van der Waals surface area contributed by atoms with Gasteiger partial charge in [-0.15, -0.1) is 0 Å². The molecule has 2 heterocycles. The monoisotopic (exact) mass is 459 g/mol. The van der Waals surface area contributed by atoms with Crippen LogP contribution in [0.2, 0.25) is 0 Å². The number of carboxylic acid groups (broad SMARTS) is 1. The summed E-state index contributed by atoms with van der Waals surface area (Å²) in [5.41, 5.74) is 1.26. The number of hydrogen-bond acceptors (Lipinski definition) is 7. The summed E-state index contributed by atoms with van der Waals surface area (Å²) >= 11 is 0. The second kappa shape index (κ2) is 9.41. The quantitative estimate of drug-likeness (QED) is 0.432. The Labute approximate surface area is 193 Å². The van der Waals surface area contributed by atoms with E-state index in [0.717, 1.165) is 15.7 Å². The van der Waals surface area contributed by atoms with Gasteiger partial charge < -0.3 is 15.2 Å². The van der Waals surface area contributed by atoms with E-state index in [0.29, 0.717) is 11.4 Å². The molecule has 0 aliphatic heterocycles. The molecule has 0 saturated carbocycles. The summed E-state index contributed by atoms with van der Waals surface area (Å²) < 4.78 is 7.95. The molecule has 2 aromatic carbocycles. The van der Waals surface area contributed by atoms with Crippen LogP contribution < -0.4 is 21.4 Å². The third-order valence-electron chi connectivity index (χ3n) is 5.00. The maximum absolute atomic E-state index is 12.8. The van der Waals surface area contributed by atoms with E-state index in [9.17, 15) is 14.4 Å². The number of carboxylic acids is 1. The normalized spacial score (nSPS) is 10.6.